The van der Waals surface area contributed by atoms with Gasteiger partial charge in [-0.1, -0.05) is 17.7 Å². The lowest BCUT2D eigenvalue weighted by Crippen LogP contribution is -2.00. The Bertz CT molecular complexity index is 758. The van der Waals surface area contributed by atoms with Gasteiger partial charge in [-0.05, 0) is 30.4 Å². The zero-order valence-electron chi connectivity index (χ0n) is 11.2. The summed E-state index contributed by atoms with van der Waals surface area (Å²) in [6, 6.07) is 7.89. The van der Waals surface area contributed by atoms with Gasteiger partial charge in [0.25, 0.3) is 0 Å². The summed E-state index contributed by atoms with van der Waals surface area (Å²) in [5.74, 6) is 1.42. The van der Waals surface area contributed by atoms with Crippen LogP contribution in [0.5, 0.6) is 0 Å². The first-order valence-corrected chi connectivity index (χ1v) is 7.90. The molecule has 0 aliphatic heterocycles. The molecule has 1 aromatic carbocycles. The number of anilines is 1. The van der Waals surface area contributed by atoms with Gasteiger partial charge in [-0.25, -0.2) is 15.0 Å². The normalized spacial score (nSPS) is 11.1. The Morgan fingerprint density at radius 2 is 2.14 bits per heavy atom. The van der Waals surface area contributed by atoms with Crippen LogP contribution in [0, 0.1) is 0 Å². The molecule has 2 N–H and O–H groups in total. The molecule has 0 saturated carbocycles. The number of nitrogens with two attached hydrogens (primary N) is 1. The lowest BCUT2D eigenvalue weighted by Gasteiger charge is -2.04. The number of hydrogen-bond acceptors (Lipinski definition) is 5. The summed E-state index contributed by atoms with van der Waals surface area (Å²) in [6.07, 6.45) is 4.24. The Labute approximate surface area is 131 Å². The first-order valence-electron chi connectivity index (χ1n) is 6.54. The van der Waals surface area contributed by atoms with Crippen molar-refractivity contribution < 1.29 is 0 Å². The average molecular weight is 320 g/mol. The minimum absolute atomic E-state index is 0.423. The number of rotatable bonds is 5. The van der Waals surface area contributed by atoms with Crippen molar-refractivity contribution in [3.8, 4) is 0 Å². The fraction of sp³-hybridized carbons (Fsp3) is 0.214. The number of halogens is 1. The van der Waals surface area contributed by atoms with E-state index < -0.39 is 0 Å². The van der Waals surface area contributed by atoms with Crippen molar-refractivity contribution in [2.75, 3.05) is 11.5 Å². The van der Waals surface area contributed by atoms with Gasteiger partial charge in [0.1, 0.15) is 11.8 Å². The van der Waals surface area contributed by atoms with E-state index in [1.165, 1.54) is 11.2 Å². The minimum atomic E-state index is 0.423. The maximum absolute atomic E-state index is 5.97. The molecule has 0 bridgehead atoms. The van der Waals surface area contributed by atoms with Crippen molar-refractivity contribution in [3.63, 3.8) is 0 Å². The molecule has 0 aliphatic carbocycles. The van der Waals surface area contributed by atoms with E-state index in [1.54, 1.807) is 18.1 Å². The van der Waals surface area contributed by atoms with E-state index in [0.717, 1.165) is 29.4 Å². The topological polar surface area (TPSA) is 69.6 Å². The summed E-state index contributed by atoms with van der Waals surface area (Å²) in [5, 5.41) is 0.771. The zero-order valence-corrected chi connectivity index (χ0v) is 12.8. The summed E-state index contributed by atoms with van der Waals surface area (Å²) < 4.78 is 2.01. The van der Waals surface area contributed by atoms with Crippen LogP contribution in [0.1, 0.15) is 6.42 Å². The van der Waals surface area contributed by atoms with E-state index in [0.29, 0.717) is 11.3 Å². The van der Waals surface area contributed by atoms with Crippen LogP contribution in [-0.4, -0.2) is 25.3 Å². The second-order valence-electron chi connectivity index (χ2n) is 4.53. The van der Waals surface area contributed by atoms with Crippen LogP contribution in [0.15, 0.2) is 41.8 Å². The summed E-state index contributed by atoms with van der Waals surface area (Å²) in [7, 11) is 0. The van der Waals surface area contributed by atoms with E-state index in [4.69, 9.17) is 17.3 Å². The largest absolute Gasteiger partial charge is 0.382 e. The highest BCUT2D eigenvalue weighted by atomic mass is 35.5. The predicted octanol–water partition coefficient (Wildman–Crippen LogP) is 3.24. The van der Waals surface area contributed by atoms with Crippen molar-refractivity contribution in [2.45, 2.75) is 17.9 Å². The summed E-state index contributed by atoms with van der Waals surface area (Å²) in [4.78, 5) is 13.6. The summed E-state index contributed by atoms with van der Waals surface area (Å²) in [6.45, 7) is 0.848. The Kier molecular flexibility index (Phi) is 4.26. The van der Waals surface area contributed by atoms with E-state index in [9.17, 15) is 0 Å². The molecular weight excluding hydrogens is 306 g/mol. The number of benzene rings is 1. The van der Waals surface area contributed by atoms with Crippen LogP contribution in [0.2, 0.25) is 5.02 Å². The summed E-state index contributed by atoms with van der Waals surface area (Å²) in [5.41, 5.74) is 7.22. The van der Waals surface area contributed by atoms with Crippen LogP contribution < -0.4 is 5.73 Å². The third kappa shape index (κ3) is 3.28. The number of nitrogens with zero attached hydrogens (tertiary/aromatic N) is 4. The van der Waals surface area contributed by atoms with E-state index in [2.05, 4.69) is 21.0 Å². The van der Waals surface area contributed by atoms with Crippen molar-refractivity contribution in [2.24, 2.45) is 0 Å². The molecule has 5 nitrogen and oxygen atoms in total. The van der Waals surface area contributed by atoms with Crippen molar-refractivity contribution in [1.82, 2.24) is 19.5 Å². The number of aromatic nitrogens is 4. The molecule has 0 radical (unpaired) electrons. The van der Waals surface area contributed by atoms with Gasteiger partial charge in [-0.15, -0.1) is 11.8 Å². The molecular formula is C14H14ClN5S. The first kappa shape index (κ1) is 14.2. The fourth-order valence-electron chi connectivity index (χ4n) is 2.04. The molecule has 0 saturated heterocycles. The van der Waals surface area contributed by atoms with Gasteiger partial charge < -0.3 is 10.3 Å². The standard InChI is InChI=1S/C14H14ClN5S/c15-10-3-1-4-11(7-10)21-6-2-5-20-9-19-12-13(16)17-8-18-14(12)20/h1,3-4,7-9H,2,5-6H2,(H2,16,17,18). The molecule has 0 atom stereocenters. The molecule has 21 heavy (non-hydrogen) atoms. The number of imidazole rings is 1. The van der Waals surface area contributed by atoms with Crippen LogP contribution in [0.25, 0.3) is 11.2 Å². The van der Waals surface area contributed by atoms with Crippen molar-refractivity contribution in [3.05, 3.63) is 41.9 Å². The van der Waals surface area contributed by atoms with Crippen molar-refractivity contribution >= 4 is 40.3 Å². The fourth-order valence-corrected chi connectivity index (χ4v) is 3.19. The van der Waals surface area contributed by atoms with Gasteiger partial charge in [0, 0.05) is 16.5 Å². The zero-order chi connectivity index (χ0) is 14.7. The molecule has 0 fully saturated rings. The van der Waals surface area contributed by atoms with E-state index in [1.807, 2.05) is 22.8 Å². The SMILES string of the molecule is Nc1ncnc2c1ncn2CCCSc1cccc(Cl)c1. The van der Waals surface area contributed by atoms with E-state index in [-0.39, 0.29) is 0 Å². The van der Waals surface area contributed by atoms with Gasteiger partial charge in [-0.3, -0.25) is 0 Å². The third-order valence-electron chi connectivity index (χ3n) is 3.04. The molecule has 3 rings (SSSR count). The molecule has 2 aromatic heterocycles. The predicted molar refractivity (Wildman–Crippen MR) is 86.5 cm³/mol. The van der Waals surface area contributed by atoms with E-state index >= 15 is 0 Å². The Morgan fingerprint density at radius 3 is 3.00 bits per heavy atom. The highest BCUT2D eigenvalue weighted by Crippen LogP contribution is 2.22. The molecule has 0 amide bonds. The second-order valence-corrected chi connectivity index (χ2v) is 6.13. The van der Waals surface area contributed by atoms with Gasteiger partial charge in [0.2, 0.25) is 0 Å². The first-order chi connectivity index (χ1) is 10.2. The number of aryl methyl sites for hydroxylation is 1. The summed E-state index contributed by atoms with van der Waals surface area (Å²) >= 11 is 7.76. The average Bonchev–Trinajstić information content (AvgIpc) is 2.88. The molecule has 0 unspecified atom stereocenters. The van der Waals surface area contributed by atoms with Crippen LogP contribution >= 0.6 is 23.4 Å². The van der Waals surface area contributed by atoms with Gasteiger partial charge in [0.05, 0.1) is 6.33 Å². The Morgan fingerprint density at radius 1 is 1.24 bits per heavy atom. The smallest absolute Gasteiger partial charge is 0.165 e. The van der Waals surface area contributed by atoms with Crippen LogP contribution in [0.4, 0.5) is 5.82 Å². The van der Waals surface area contributed by atoms with Gasteiger partial charge in [0.15, 0.2) is 11.5 Å². The van der Waals surface area contributed by atoms with Gasteiger partial charge in [-0.2, -0.15) is 0 Å². The van der Waals surface area contributed by atoms with Crippen molar-refractivity contribution in [1.29, 1.82) is 0 Å². The van der Waals surface area contributed by atoms with Gasteiger partial charge >= 0.3 is 0 Å². The number of nitrogen functional groups attached to an aromatic ring is 1. The molecule has 7 heteroatoms. The lowest BCUT2D eigenvalue weighted by molar-refractivity contribution is 0.696. The maximum Gasteiger partial charge on any atom is 0.165 e. The second kappa shape index (κ2) is 6.32. The molecule has 3 aromatic rings. The maximum atomic E-state index is 5.97. The molecule has 0 spiro atoms. The molecule has 0 aliphatic rings. The Balaban J connectivity index is 1.59. The van der Waals surface area contributed by atoms with Crippen LogP contribution in [-0.2, 0) is 6.54 Å². The molecule has 108 valence electrons. The molecule has 2 heterocycles. The number of hydrogen-bond donors (Lipinski definition) is 1. The quantitative estimate of drug-likeness (QED) is 0.577. The third-order valence-corrected chi connectivity index (χ3v) is 4.35. The Hall–Kier alpha value is -1.79. The number of thioether (sulfide) groups is 1. The number of fused-ring (bicyclic) bond motifs is 1. The van der Waals surface area contributed by atoms with Crippen LogP contribution in [0.3, 0.4) is 0 Å². The highest BCUT2D eigenvalue weighted by molar-refractivity contribution is 7.99. The highest BCUT2D eigenvalue weighted by Gasteiger charge is 2.07. The lowest BCUT2D eigenvalue weighted by atomic mass is 10.4. The monoisotopic (exact) mass is 319 g/mol. The minimum Gasteiger partial charge on any atom is -0.382 e.